The van der Waals surface area contributed by atoms with Crippen LogP contribution in [-0.2, 0) is 0 Å². The second-order valence-corrected chi connectivity index (χ2v) is 4.32. The molecule has 18 heavy (non-hydrogen) atoms. The molecule has 0 spiro atoms. The molecule has 0 unspecified atom stereocenters. The van der Waals surface area contributed by atoms with Crippen LogP contribution in [-0.4, -0.2) is 22.7 Å². The molecule has 0 saturated heterocycles. The highest BCUT2D eigenvalue weighted by Gasteiger charge is 2.08. The van der Waals surface area contributed by atoms with Gasteiger partial charge in [0.15, 0.2) is 0 Å². The number of hydrogen-bond acceptors (Lipinski definition) is 2. The minimum Gasteiger partial charge on any atom is -0.325 e. The fourth-order valence-electron chi connectivity index (χ4n) is 1.80. The van der Waals surface area contributed by atoms with E-state index in [2.05, 4.69) is 29.3 Å². The molecule has 4 nitrogen and oxygen atoms in total. The van der Waals surface area contributed by atoms with Gasteiger partial charge >= 0.3 is 0 Å². The normalized spacial score (nSPS) is 11.9. The predicted octanol–water partition coefficient (Wildman–Crippen LogP) is 2.95. The van der Waals surface area contributed by atoms with E-state index in [0.717, 1.165) is 17.2 Å². The highest BCUT2D eigenvalue weighted by molar-refractivity contribution is 6.07. The molecule has 1 aromatic heterocycles. The van der Waals surface area contributed by atoms with E-state index in [1.807, 2.05) is 41.1 Å². The van der Waals surface area contributed by atoms with E-state index in [9.17, 15) is 0 Å². The fraction of sp³-hybridized carbons (Fsp3) is 0.286. The SMILES string of the molecule is CN=C(Nc1ccnn1C(C)C)c1ccccc1. The summed E-state index contributed by atoms with van der Waals surface area (Å²) in [5.41, 5.74) is 1.07. The summed E-state index contributed by atoms with van der Waals surface area (Å²) < 4.78 is 1.94. The average molecular weight is 242 g/mol. The summed E-state index contributed by atoms with van der Waals surface area (Å²) in [5, 5.41) is 7.62. The number of aromatic nitrogens is 2. The zero-order valence-corrected chi connectivity index (χ0v) is 11.0. The van der Waals surface area contributed by atoms with Crippen LogP contribution in [0.3, 0.4) is 0 Å². The molecule has 0 aliphatic heterocycles. The Kier molecular flexibility index (Phi) is 3.77. The van der Waals surface area contributed by atoms with E-state index in [-0.39, 0.29) is 0 Å². The van der Waals surface area contributed by atoms with Gasteiger partial charge in [-0.15, -0.1) is 0 Å². The van der Waals surface area contributed by atoms with E-state index in [4.69, 9.17) is 0 Å². The number of nitrogens with zero attached hydrogens (tertiary/aromatic N) is 3. The Morgan fingerprint density at radius 2 is 1.94 bits per heavy atom. The number of amidine groups is 1. The molecule has 0 amide bonds. The van der Waals surface area contributed by atoms with Gasteiger partial charge in [-0.25, -0.2) is 4.68 Å². The van der Waals surface area contributed by atoms with Crippen molar-refractivity contribution in [3.05, 3.63) is 48.2 Å². The molecule has 0 saturated carbocycles. The minimum absolute atomic E-state index is 0.316. The van der Waals surface area contributed by atoms with Gasteiger partial charge in [0.2, 0.25) is 0 Å². The van der Waals surface area contributed by atoms with E-state index in [1.165, 1.54) is 0 Å². The summed E-state index contributed by atoms with van der Waals surface area (Å²) in [6, 6.07) is 12.3. The molecule has 0 bridgehead atoms. The molecule has 94 valence electrons. The first-order valence-corrected chi connectivity index (χ1v) is 6.05. The maximum Gasteiger partial charge on any atom is 0.133 e. The van der Waals surface area contributed by atoms with Crippen molar-refractivity contribution in [3.63, 3.8) is 0 Å². The third-order valence-corrected chi connectivity index (χ3v) is 2.68. The molecule has 1 heterocycles. The van der Waals surface area contributed by atoms with Crippen LogP contribution in [0.15, 0.2) is 47.6 Å². The molecule has 1 N–H and O–H groups in total. The largest absolute Gasteiger partial charge is 0.325 e. The quantitative estimate of drug-likeness (QED) is 0.664. The Bertz CT molecular complexity index is 526. The van der Waals surface area contributed by atoms with Crippen molar-refractivity contribution in [2.45, 2.75) is 19.9 Å². The molecule has 0 fully saturated rings. The van der Waals surface area contributed by atoms with Gasteiger partial charge in [0.05, 0.1) is 6.20 Å². The van der Waals surface area contributed by atoms with Gasteiger partial charge in [0, 0.05) is 24.7 Å². The molecule has 2 aromatic rings. The third-order valence-electron chi connectivity index (χ3n) is 2.68. The Hall–Kier alpha value is -2.10. The second-order valence-electron chi connectivity index (χ2n) is 4.32. The number of nitrogens with one attached hydrogen (secondary N) is 1. The molecule has 1 aromatic carbocycles. The molecule has 0 aliphatic carbocycles. The monoisotopic (exact) mass is 242 g/mol. The Balaban J connectivity index is 2.25. The van der Waals surface area contributed by atoms with Crippen LogP contribution in [0.5, 0.6) is 0 Å². The highest BCUT2D eigenvalue weighted by atomic mass is 15.3. The van der Waals surface area contributed by atoms with Gasteiger partial charge in [0.25, 0.3) is 0 Å². The number of aliphatic imine (C=N–C) groups is 1. The van der Waals surface area contributed by atoms with Crippen LogP contribution in [0.25, 0.3) is 0 Å². The lowest BCUT2D eigenvalue weighted by atomic mass is 10.2. The van der Waals surface area contributed by atoms with Crippen molar-refractivity contribution in [1.29, 1.82) is 0 Å². The zero-order valence-electron chi connectivity index (χ0n) is 11.0. The van der Waals surface area contributed by atoms with Crippen molar-refractivity contribution < 1.29 is 0 Å². The average Bonchev–Trinajstić information content (AvgIpc) is 2.85. The van der Waals surface area contributed by atoms with Crippen molar-refractivity contribution in [2.24, 2.45) is 4.99 Å². The smallest absolute Gasteiger partial charge is 0.133 e. The lowest BCUT2D eigenvalue weighted by Crippen LogP contribution is -2.17. The van der Waals surface area contributed by atoms with Crippen LogP contribution in [0.1, 0.15) is 25.5 Å². The maximum absolute atomic E-state index is 4.30. The first-order chi connectivity index (χ1) is 8.72. The summed E-state index contributed by atoms with van der Waals surface area (Å²) in [4.78, 5) is 4.30. The van der Waals surface area contributed by atoms with Crippen molar-refractivity contribution in [3.8, 4) is 0 Å². The predicted molar refractivity (Wildman–Crippen MR) is 75.1 cm³/mol. The van der Waals surface area contributed by atoms with Crippen LogP contribution >= 0.6 is 0 Å². The Morgan fingerprint density at radius 1 is 1.22 bits per heavy atom. The minimum atomic E-state index is 0.316. The lowest BCUT2D eigenvalue weighted by molar-refractivity contribution is 0.540. The number of rotatable bonds is 3. The van der Waals surface area contributed by atoms with Gasteiger partial charge < -0.3 is 5.32 Å². The Morgan fingerprint density at radius 3 is 2.56 bits per heavy atom. The second kappa shape index (κ2) is 5.49. The topological polar surface area (TPSA) is 42.2 Å². The fourth-order valence-corrected chi connectivity index (χ4v) is 1.80. The summed E-state index contributed by atoms with van der Waals surface area (Å²) in [5.74, 6) is 1.80. The Labute approximate surface area is 107 Å². The third kappa shape index (κ3) is 2.59. The molecular formula is C14H18N4. The van der Waals surface area contributed by atoms with Gasteiger partial charge in [-0.05, 0) is 13.8 Å². The first-order valence-electron chi connectivity index (χ1n) is 6.05. The molecule has 4 heteroatoms. The zero-order chi connectivity index (χ0) is 13.0. The van der Waals surface area contributed by atoms with E-state index < -0.39 is 0 Å². The molecule has 0 aliphatic rings. The van der Waals surface area contributed by atoms with Crippen molar-refractivity contribution in [2.75, 3.05) is 12.4 Å². The first kappa shape index (κ1) is 12.4. The van der Waals surface area contributed by atoms with Crippen LogP contribution in [0.2, 0.25) is 0 Å². The van der Waals surface area contributed by atoms with Crippen LogP contribution in [0.4, 0.5) is 5.82 Å². The van der Waals surface area contributed by atoms with Crippen LogP contribution in [0, 0.1) is 0 Å². The van der Waals surface area contributed by atoms with Gasteiger partial charge in [-0.2, -0.15) is 5.10 Å². The van der Waals surface area contributed by atoms with Crippen molar-refractivity contribution in [1.82, 2.24) is 9.78 Å². The summed E-state index contributed by atoms with van der Waals surface area (Å²) in [6.07, 6.45) is 1.79. The molecule has 0 radical (unpaired) electrons. The van der Waals surface area contributed by atoms with Crippen molar-refractivity contribution >= 4 is 11.7 Å². The number of benzene rings is 1. The maximum atomic E-state index is 4.30. The van der Waals surface area contributed by atoms with E-state index >= 15 is 0 Å². The lowest BCUT2D eigenvalue weighted by Gasteiger charge is -2.14. The van der Waals surface area contributed by atoms with E-state index in [0.29, 0.717) is 6.04 Å². The summed E-state index contributed by atoms with van der Waals surface area (Å²) >= 11 is 0. The standard InChI is InChI=1S/C14H18N4/c1-11(2)18-13(9-10-16-18)17-14(15-3)12-7-5-4-6-8-12/h4-11H,1-3H3,(H,15,17). The van der Waals surface area contributed by atoms with Gasteiger partial charge in [-0.3, -0.25) is 4.99 Å². The molecular weight excluding hydrogens is 224 g/mol. The number of hydrogen-bond donors (Lipinski definition) is 1. The van der Waals surface area contributed by atoms with Gasteiger partial charge in [0.1, 0.15) is 11.7 Å². The van der Waals surface area contributed by atoms with Crippen LogP contribution < -0.4 is 5.32 Å². The van der Waals surface area contributed by atoms with E-state index in [1.54, 1.807) is 13.2 Å². The summed E-state index contributed by atoms with van der Waals surface area (Å²) in [7, 11) is 1.78. The summed E-state index contributed by atoms with van der Waals surface area (Å²) in [6.45, 7) is 4.20. The van der Waals surface area contributed by atoms with Gasteiger partial charge in [-0.1, -0.05) is 30.3 Å². The molecule has 0 atom stereocenters. The number of anilines is 1. The molecule has 2 rings (SSSR count). The highest BCUT2D eigenvalue weighted by Crippen LogP contribution is 2.14.